The van der Waals surface area contributed by atoms with Gasteiger partial charge < -0.3 is 10.5 Å². The monoisotopic (exact) mass is 267 g/mol. The maximum atomic E-state index is 12.3. The van der Waals surface area contributed by atoms with Crippen molar-refractivity contribution in [2.75, 3.05) is 13.2 Å². The highest BCUT2D eigenvalue weighted by Crippen LogP contribution is 2.31. The lowest BCUT2D eigenvalue weighted by atomic mass is 9.92. The maximum Gasteiger partial charge on any atom is 0.416 e. The van der Waals surface area contributed by atoms with E-state index in [1.165, 1.54) is 12.1 Å². The van der Waals surface area contributed by atoms with Gasteiger partial charge in [0.2, 0.25) is 0 Å². The van der Waals surface area contributed by atoms with Gasteiger partial charge in [0.05, 0.1) is 18.8 Å². The second-order valence-electron chi connectivity index (χ2n) is 3.94. The Hall–Kier alpha value is -0.780. The van der Waals surface area contributed by atoms with Gasteiger partial charge in [0, 0.05) is 12.0 Å². The molecule has 0 radical (unpaired) electrons. The van der Waals surface area contributed by atoms with Crippen LogP contribution >= 0.6 is 12.4 Å². The summed E-state index contributed by atoms with van der Waals surface area (Å²) in [5.41, 5.74) is 5.98. The summed E-state index contributed by atoms with van der Waals surface area (Å²) in [6.45, 7) is 1.17. The lowest BCUT2D eigenvalue weighted by Gasteiger charge is -2.31. The minimum absolute atomic E-state index is 0. The minimum atomic E-state index is -4.29. The molecule has 1 aromatic carbocycles. The average Bonchev–Trinajstić information content (AvgIpc) is 2.14. The molecule has 0 spiro atoms. The van der Waals surface area contributed by atoms with Crippen molar-refractivity contribution in [2.24, 2.45) is 11.7 Å². The number of hydrogen-bond acceptors (Lipinski definition) is 2. The fraction of sp³-hybridized carbons (Fsp3) is 0.455. The van der Waals surface area contributed by atoms with Crippen molar-refractivity contribution >= 4 is 12.4 Å². The van der Waals surface area contributed by atoms with E-state index >= 15 is 0 Å². The van der Waals surface area contributed by atoms with Crippen LogP contribution in [0.25, 0.3) is 0 Å². The van der Waals surface area contributed by atoms with E-state index in [-0.39, 0.29) is 24.4 Å². The molecule has 2 nitrogen and oxygen atoms in total. The molecule has 0 saturated carbocycles. The van der Waals surface area contributed by atoms with Crippen LogP contribution < -0.4 is 5.73 Å². The third kappa shape index (κ3) is 3.12. The SMILES string of the molecule is Cl.NC(c1ccc(C(F)(F)F)cc1)C1COC1. The Balaban J connectivity index is 0.00000144. The normalized spacial score (nSPS) is 18.1. The highest BCUT2D eigenvalue weighted by Gasteiger charge is 2.31. The van der Waals surface area contributed by atoms with Crippen molar-refractivity contribution < 1.29 is 17.9 Å². The number of benzene rings is 1. The Morgan fingerprint density at radius 2 is 1.71 bits per heavy atom. The topological polar surface area (TPSA) is 35.2 Å². The summed E-state index contributed by atoms with van der Waals surface area (Å²) in [7, 11) is 0. The van der Waals surface area contributed by atoms with Gasteiger partial charge >= 0.3 is 6.18 Å². The van der Waals surface area contributed by atoms with E-state index in [1.54, 1.807) is 0 Å². The summed E-state index contributed by atoms with van der Waals surface area (Å²) in [4.78, 5) is 0. The summed E-state index contributed by atoms with van der Waals surface area (Å²) in [5.74, 6) is 0.219. The van der Waals surface area contributed by atoms with Crippen molar-refractivity contribution in [3.8, 4) is 0 Å². The molecular formula is C11H13ClF3NO. The van der Waals surface area contributed by atoms with Gasteiger partial charge in [-0.3, -0.25) is 0 Å². The molecule has 1 heterocycles. The molecule has 0 amide bonds. The number of rotatable bonds is 2. The van der Waals surface area contributed by atoms with Crippen LogP contribution in [0.4, 0.5) is 13.2 Å². The average molecular weight is 268 g/mol. The van der Waals surface area contributed by atoms with E-state index in [1.807, 2.05) is 0 Å². The number of alkyl halides is 3. The first-order chi connectivity index (χ1) is 7.48. The molecule has 1 unspecified atom stereocenters. The van der Waals surface area contributed by atoms with Crippen molar-refractivity contribution in [1.29, 1.82) is 0 Å². The molecule has 0 aliphatic carbocycles. The highest BCUT2D eigenvalue weighted by molar-refractivity contribution is 5.85. The quantitative estimate of drug-likeness (QED) is 0.894. The predicted molar refractivity (Wildman–Crippen MR) is 59.9 cm³/mol. The summed E-state index contributed by atoms with van der Waals surface area (Å²) in [6.07, 6.45) is -4.29. The summed E-state index contributed by atoms with van der Waals surface area (Å²) >= 11 is 0. The number of ether oxygens (including phenoxy) is 1. The first-order valence-electron chi connectivity index (χ1n) is 4.99. The predicted octanol–water partition coefficient (Wildman–Crippen LogP) is 2.77. The lowest BCUT2D eigenvalue weighted by Crippen LogP contribution is -2.37. The van der Waals surface area contributed by atoms with E-state index in [9.17, 15) is 13.2 Å². The van der Waals surface area contributed by atoms with E-state index < -0.39 is 11.7 Å². The molecule has 96 valence electrons. The smallest absolute Gasteiger partial charge is 0.381 e. The van der Waals surface area contributed by atoms with Gasteiger partial charge in [-0.1, -0.05) is 12.1 Å². The maximum absolute atomic E-state index is 12.3. The summed E-state index contributed by atoms with van der Waals surface area (Å²) in [6, 6.07) is 4.76. The molecular weight excluding hydrogens is 255 g/mol. The first-order valence-corrected chi connectivity index (χ1v) is 4.99. The second kappa shape index (κ2) is 5.25. The van der Waals surface area contributed by atoms with Gasteiger partial charge in [-0.25, -0.2) is 0 Å². The molecule has 1 atom stereocenters. The molecule has 17 heavy (non-hydrogen) atoms. The Labute approximate surface area is 103 Å². The molecule has 1 saturated heterocycles. The van der Waals surface area contributed by atoms with E-state index in [0.717, 1.165) is 17.7 Å². The van der Waals surface area contributed by atoms with Gasteiger partial charge in [0.1, 0.15) is 0 Å². The van der Waals surface area contributed by atoms with Crippen molar-refractivity contribution in [3.63, 3.8) is 0 Å². The van der Waals surface area contributed by atoms with E-state index in [2.05, 4.69) is 0 Å². The largest absolute Gasteiger partial charge is 0.416 e. The number of nitrogens with two attached hydrogens (primary N) is 1. The van der Waals surface area contributed by atoms with Crippen LogP contribution in [-0.4, -0.2) is 13.2 Å². The van der Waals surface area contributed by atoms with Crippen LogP contribution in [0.3, 0.4) is 0 Å². The van der Waals surface area contributed by atoms with Crippen LogP contribution in [0.2, 0.25) is 0 Å². The van der Waals surface area contributed by atoms with Crippen LogP contribution in [0.1, 0.15) is 17.2 Å². The molecule has 1 aromatic rings. The van der Waals surface area contributed by atoms with Crippen molar-refractivity contribution in [2.45, 2.75) is 12.2 Å². The highest BCUT2D eigenvalue weighted by atomic mass is 35.5. The van der Waals surface area contributed by atoms with E-state index in [4.69, 9.17) is 10.5 Å². The standard InChI is InChI=1S/C11H12F3NO.ClH/c12-11(13,14)9-3-1-7(2-4-9)10(15)8-5-16-6-8;/h1-4,8,10H,5-6,15H2;1H. The molecule has 2 rings (SSSR count). The molecule has 1 fully saturated rings. The number of halogens is 4. The Kier molecular flexibility index (Phi) is 4.41. The van der Waals surface area contributed by atoms with Gasteiger partial charge in [0.25, 0.3) is 0 Å². The Morgan fingerprint density at radius 1 is 1.18 bits per heavy atom. The van der Waals surface area contributed by atoms with E-state index in [0.29, 0.717) is 13.2 Å². The zero-order valence-corrected chi connectivity index (χ0v) is 9.72. The van der Waals surface area contributed by atoms with Crippen molar-refractivity contribution in [1.82, 2.24) is 0 Å². The van der Waals surface area contributed by atoms with Gasteiger partial charge in [-0.05, 0) is 17.7 Å². The summed E-state index contributed by atoms with van der Waals surface area (Å²) < 4.78 is 41.9. The Morgan fingerprint density at radius 3 is 2.06 bits per heavy atom. The fourth-order valence-corrected chi connectivity index (χ4v) is 1.63. The molecule has 0 aromatic heterocycles. The van der Waals surface area contributed by atoms with Gasteiger partial charge in [-0.2, -0.15) is 13.2 Å². The Bertz CT molecular complexity index is 362. The lowest BCUT2D eigenvalue weighted by molar-refractivity contribution is -0.137. The zero-order valence-electron chi connectivity index (χ0n) is 8.91. The molecule has 0 bridgehead atoms. The zero-order chi connectivity index (χ0) is 11.8. The summed E-state index contributed by atoms with van der Waals surface area (Å²) in [5, 5.41) is 0. The third-order valence-corrected chi connectivity index (χ3v) is 2.79. The first kappa shape index (κ1) is 14.3. The molecule has 6 heteroatoms. The fourth-order valence-electron chi connectivity index (χ4n) is 1.63. The molecule has 1 aliphatic rings. The van der Waals surface area contributed by atoms with Crippen molar-refractivity contribution in [3.05, 3.63) is 35.4 Å². The second-order valence-corrected chi connectivity index (χ2v) is 3.94. The van der Waals surface area contributed by atoms with Crippen LogP contribution in [-0.2, 0) is 10.9 Å². The minimum Gasteiger partial charge on any atom is -0.381 e. The number of hydrogen-bond donors (Lipinski definition) is 1. The molecule has 2 N–H and O–H groups in total. The van der Waals surface area contributed by atoms with Crippen LogP contribution in [0.5, 0.6) is 0 Å². The van der Waals surface area contributed by atoms with Crippen LogP contribution in [0, 0.1) is 5.92 Å². The third-order valence-electron chi connectivity index (χ3n) is 2.79. The van der Waals surface area contributed by atoms with Gasteiger partial charge in [-0.15, -0.1) is 12.4 Å². The van der Waals surface area contributed by atoms with Crippen LogP contribution in [0.15, 0.2) is 24.3 Å². The van der Waals surface area contributed by atoms with Gasteiger partial charge in [0.15, 0.2) is 0 Å². The molecule has 1 aliphatic heterocycles.